The second kappa shape index (κ2) is 6.97. The van der Waals surface area contributed by atoms with E-state index in [9.17, 15) is 4.79 Å². The number of carbonyl (C=O) groups is 1. The van der Waals surface area contributed by atoms with E-state index < -0.39 is 0 Å². The van der Waals surface area contributed by atoms with Gasteiger partial charge in [-0.15, -0.1) is 0 Å². The summed E-state index contributed by atoms with van der Waals surface area (Å²) in [6.07, 6.45) is 3.38. The number of amides is 1. The minimum atomic E-state index is -0.234. The largest absolute Gasteiger partial charge is 0.342 e. The zero-order valence-corrected chi connectivity index (χ0v) is 13.6. The lowest BCUT2D eigenvalue weighted by Crippen LogP contribution is -2.41. The first kappa shape index (κ1) is 15.8. The fourth-order valence-corrected chi connectivity index (χ4v) is 3.36. The number of likely N-dealkylation sites (N-methyl/N-ethyl adjacent to an activating group) is 1. The lowest BCUT2D eigenvalue weighted by atomic mass is 9.87. The Hall–Kier alpha value is -2.13. The molecular formula is C20H24N2O. The molecule has 2 aromatic rings. The summed E-state index contributed by atoms with van der Waals surface area (Å²) in [5.41, 5.74) is 10.0. The molecule has 1 amide bonds. The minimum absolute atomic E-state index is 0.130. The van der Waals surface area contributed by atoms with Crippen molar-refractivity contribution in [1.29, 1.82) is 0 Å². The molecule has 120 valence electrons. The molecular weight excluding hydrogens is 284 g/mol. The van der Waals surface area contributed by atoms with Gasteiger partial charge in [-0.05, 0) is 36.0 Å². The molecule has 0 saturated carbocycles. The highest BCUT2D eigenvalue weighted by molar-refractivity contribution is 5.77. The van der Waals surface area contributed by atoms with Crippen LogP contribution in [0.5, 0.6) is 0 Å². The smallest absolute Gasteiger partial charge is 0.224 e. The molecule has 23 heavy (non-hydrogen) atoms. The minimum Gasteiger partial charge on any atom is -0.342 e. The van der Waals surface area contributed by atoms with Crippen LogP contribution in [0.3, 0.4) is 0 Å². The summed E-state index contributed by atoms with van der Waals surface area (Å²) < 4.78 is 0. The SMILES string of the molecule is CN(C(=O)CC(N)c1ccccc1)C1CCc2ccccc2C1. The average Bonchev–Trinajstić information content (AvgIpc) is 2.61. The second-order valence-corrected chi connectivity index (χ2v) is 6.39. The van der Waals surface area contributed by atoms with E-state index in [4.69, 9.17) is 5.73 Å². The van der Waals surface area contributed by atoms with Crippen LogP contribution >= 0.6 is 0 Å². The van der Waals surface area contributed by atoms with Gasteiger partial charge in [-0.1, -0.05) is 54.6 Å². The number of rotatable bonds is 4. The van der Waals surface area contributed by atoms with Gasteiger partial charge >= 0.3 is 0 Å². The fraction of sp³-hybridized carbons (Fsp3) is 0.350. The molecule has 0 heterocycles. The van der Waals surface area contributed by atoms with E-state index in [-0.39, 0.29) is 18.0 Å². The summed E-state index contributed by atoms with van der Waals surface area (Å²) in [6.45, 7) is 0. The topological polar surface area (TPSA) is 46.3 Å². The van der Waals surface area contributed by atoms with Crippen LogP contribution in [-0.4, -0.2) is 23.9 Å². The van der Waals surface area contributed by atoms with E-state index in [1.807, 2.05) is 42.3 Å². The highest BCUT2D eigenvalue weighted by Crippen LogP contribution is 2.25. The van der Waals surface area contributed by atoms with Crippen LogP contribution in [0.2, 0.25) is 0 Å². The van der Waals surface area contributed by atoms with E-state index in [1.165, 1.54) is 11.1 Å². The van der Waals surface area contributed by atoms with E-state index >= 15 is 0 Å². The van der Waals surface area contributed by atoms with Gasteiger partial charge in [0, 0.05) is 25.6 Å². The molecule has 0 bridgehead atoms. The standard InChI is InChI=1S/C20H24N2O/c1-22(18-12-11-15-7-5-6-10-17(15)13-18)20(23)14-19(21)16-8-3-2-4-9-16/h2-10,18-19H,11-14,21H2,1H3. The van der Waals surface area contributed by atoms with E-state index in [0.29, 0.717) is 6.42 Å². The third-order valence-corrected chi connectivity index (χ3v) is 4.88. The van der Waals surface area contributed by atoms with Crippen molar-refractivity contribution < 1.29 is 4.79 Å². The second-order valence-electron chi connectivity index (χ2n) is 6.39. The Morgan fingerprint density at radius 3 is 2.52 bits per heavy atom. The van der Waals surface area contributed by atoms with Crippen molar-refractivity contribution >= 4 is 5.91 Å². The molecule has 0 radical (unpaired) electrons. The van der Waals surface area contributed by atoms with Crippen LogP contribution in [0.4, 0.5) is 0 Å². The van der Waals surface area contributed by atoms with Crippen LogP contribution in [0.15, 0.2) is 54.6 Å². The lowest BCUT2D eigenvalue weighted by molar-refractivity contribution is -0.132. The van der Waals surface area contributed by atoms with Crippen LogP contribution in [-0.2, 0) is 17.6 Å². The predicted molar refractivity (Wildman–Crippen MR) is 93.0 cm³/mol. The van der Waals surface area contributed by atoms with Crippen molar-refractivity contribution in [3.8, 4) is 0 Å². The number of nitrogens with zero attached hydrogens (tertiary/aromatic N) is 1. The van der Waals surface area contributed by atoms with Gasteiger partial charge in [-0.2, -0.15) is 0 Å². The number of aryl methyl sites for hydroxylation is 1. The summed E-state index contributed by atoms with van der Waals surface area (Å²) in [6, 6.07) is 18.4. The maximum Gasteiger partial charge on any atom is 0.224 e. The molecule has 0 fully saturated rings. The third-order valence-electron chi connectivity index (χ3n) is 4.88. The van der Waals surface area contributed by atoms with Crippen LogP contribution in [0.25, 0.3) is 0 Å². The monoisotopic (exact) mass is 308 g/mol. The average molecular weight is 308 g/mol. The van der Waals surface area contributed by atoms with Crippen LogP contribution in [0.1, 0.15) is 35.6 Å². The first-order valence-corrected chi connectivity index (χ1v) is 8.28. The molecule has 1 aliphatic rings. The van der Waals surface area contributed by atoms with Crippen molar-refractivity contribution in [1.82, 2.24) is 4.90 Å². The summed E-state index contributed by atoms with van der Waals surface area (Å²) in [4.78, 5) is 14.5. The molecule has 3 heteroatoms. The molecule has 0 saturated heterocycles. The predicted octanol–water partition coefficient (Wildman–Crippen LogP) is 3.09. The number of hydrogen-bond donors (Lipinski definition) is 1. The molecule has 2 unspecified atom stereocenters. The van der Waals surface area contributed by atoms with E-state index in [0.717, 1.165) is 24.8 Å². The zero-order chi connectivity index (χ0) is 16.2. The summed E-state index contributed by atoms with van der Waals surface area (Å²) >= 11 is 0. The third kappa shape index (κ3) is 3.62. The van der Waals surface area contributed by atoms with Crippen molar-refractivity contribution in [2.24, 2.45) is 5.73 Å². The number of hydrogen-bond acceptors (Lipinski definition) is 2. The number of nitrogens with two attached hydrogens (primary N) is 1. The fourth-order valence-electron chi connectivity index (χ4n) is 3.36. The van der Waals surface area contributed by atoms with Crippen molar-refractivity contribution in [2.75, 3.05) is 7.05 Å². The Balaban J connectivity index is 1.62. The van der Waals surface area contributed by atoms with Gasteiger partial charge in [0.05, 0.1) is 0 Å². The Morgan fingerprint density at radius 2 is 1.78 bits per heavy atom. The maximum absolute atomic E-state index is 12.6. The molecule has 3 nitrogen and oxygen atoms in total. The molecule has 2 N–H and O–H groups in total. The van der Waals surface area contributed by atoms with Crippen LogP contribution in [0, 0.1) is 0 Å². The van der Waals surface area contributed by atoms with E-state index in [1.54, 1.807) is 0 Å². The normalized spacial score (nSPS) is 18.1. The lowest BCUT2D eigenvalue weighted by Gasteiger charge is -2.33. The Kier molecular flexibility index (Phi) is 4.77. The Labute approximate surface area is 138 Å². The van der Waals surface area contributed by atoms with E-state index in [2.05, 4.69) is 24.3 Å². The van der Waals surface area contributed by atoms with Gasteiger partial charge in [0.25, 0.3) is 0 Å². The molecule has 3 rings (SSSR count). The van der Waals surface area contributed by atoms with Gasteiger partial charge in [-0.25, -0.2) is 0 Å². The Bertz CT molecular complexity index is 668. The first-order valence-electron chi connectivity index (χ1n) is 8.28. The summed E-state index contributed by atoms with van der Waals surface area (Å²) in [7, 11) is 1.92. The molecule has 1 aliphatic carbocycles. The summed E-state index contributed by atoms with van der Waals surface area (Å²) in [5, 5.41) is 0. The number of fused-ring (bicyclic) bond motifs is 1. The quantitative estimate of drug-likeness (QED) is 0.943. The highest BCUT2D eigenvalue weighted by Gasteiger charge is 2.25. The summed E-state index contributed by atoms with van der Waals surface area (Å²) in [5.74, 6) is 0.130. The van der Waals surface area contributed by atoms with Gasteiger partial charge < -0.3 is 10.6 Å². The molecule has 0 aromatic heterocycles. The first-order chi connectivity index (χ1) is 11.1. The van der Waals surface area contributed by atoms with Gasteiger partial charge in [0.15, 0.2) is 0 Å². The number of carbonyl (C=O) groups excluding carboxylic acids is 1. The van der Waals surface area contributed by atoms with Crippen LogP contribution < -0.4 is 5.73 Å². The molecule has 0 aliphatic heterocycles. The molecule has 2 aromatic carbocycles. The van der Waals surface area contributed by atoms with Crippen molar-refractivity contribution in [2.45, 2.75) is 37.8 Å². The van der Waals surface area contributed by atoms with Gasteiger partial charge in [0.2, 0.25) is 5.91 Å². The maximum atomic E-state index is 12.6. The van der Waals surface area contributed by atoms with Gasteiger partial charge in [0.1, 0.15) is 0 Å². The Morgan fingerprint density at radius 1 is 1.13 bits per heavy atom. The van der Waals surface area contributed by atoms with Crippen molar-refractivity contribution in [3.05, 3.63) is 71.3 Å². The van der Waals surface area contributed by atoms with Crippen molar-refractivity contribution in [3.63, 3.8) is 0 Å². The zero-order valence-electron chi connectivity index (χ0n) is 13.6. The molecule has 2 atom stereocenters. The highest BCUT2D eigenvalue weighted by atomic mass is 16.2. The number of benzene rings is 2. The molecule has 0 spiro atoms. The van der Waals surface area contributed by atoms with Gasteiger partial charge in [-0.3, -0.25) is 4.79 Å².